The van der Waals surface area contributed by atoms with Crippen molar-refractivity contribution >= 4 is 34.3 Å². The van der Waals surface area contributed by atoms with Crippen LogP contribution in [0, 0.1) is 28.9 Å². The number of benzene rings is 1. The summed E-state index contributed by atoms with van der Waals surface area (Å²) in [5.41, 5.74) is 6.62. The molecule has 10 heteroatoms. The highest BCUT2D eigenvalue weighted by Gasteiger charge is 2.47. The molecule has 1 aliphatic carbocycles. The third-order valence-electron chi connectivity index (χ3n) is 6.21. The van der Waals surface area contributed by atoms with E-state index in [9.17, 15) is 8.78 Å². The van der Waals surface area contributed by atoms with Crippen LogP contribution < -0.4 is 21.1 Å². The van der Waals surface area contributed by atoms with E-state index in [0.717, 1.165) is 43.0 Å². The van der Waals surface area contributed by atoms with E-state index in [-0.39, 0.29) is 16.5 Å². The zero-order valence-corrected chi connectivity index (χ0v) is 17.7. The van der Waals surface area contributed by atoms with E-state index >= 15 is 0 Å². The number of nitrogens with zero attached hydrogens (tertiary/aromatic N) is 2. The molecule has 2 unspecified atom stereocenters. The first-order chi connectivity index (χ1) is 14.1. The molecule has 4 rings (SSSR count). The van der Waals surface area contributed by atoms with Gasteiger partial charge in [-0.25, -0.2) is 13.8 Å². The summed E-state index contributed by atoms with van der Waals surface area (Å²) in [4.78, 5) is 4.12. The molecule has 158 valence electrons. The van der Waals surface area contributed by atoms with Gasteiger partial charge in [-0.1, -0.05) is 6.42 Å². The first-order valence-electron chi connectivity index (χ1n) is 9.93. The zero-order chi connectivity index (χ0) is 20.3. The van der Waals surface area contributed by atoms with Gasteiger partial charge in [0.2, 0.25) is 5.13 Å². The van der Waals surface area contributed by atoms with Gasteiger partial charge in [0.25, 0.3) is 0 Å². The minimum absolute atomic E-state index is 0.170. The van der Waals surface area contributed by atoms with Gasteiger partial charge in [-0.05, 0) is 61.1 Å². The second-order valence-electron chi connectivity index (χ2n) is 7.99. The van der Waals surface area contributed by atoms with Crippen LogP contribution in [0.1, 0.15) is 25.7 Å². The lowest BCUT2D eigenvalue weighted by molar-refractivity contribution is 0.0929. The van der Waals surface area contributed by atoms with Crippen molar-refractivity contribution in [1.29, 1.82) is 0 Å². The number of rotatable bonds is 9. The molecule has 1 aliphatic heterocycles. The van der Waals surface area contributed by atoms with Crippen molar-refractivity contribution in [2.75, 3.05) is 36.2 Å². The van der Waals surface area contributed by atoms with E-state index in [4.69, 9.17) is 5.73 Å². The van der Waals surface area contributed by atoms with Gasteiger partial charge in [0.1, 0.15) is 18.0 Å². The van der Waals surface area contributed by atoms with Crippen LogP contribution in [0.25, 0.3) is 0 Å². The van der Waals surface area contributed by atoms with E-state index in [1.807, 2.05) is 0 Å². The summed E-state index contributed by atoms with van der Waals surface area (Å²) < 4.78 is 35.6. The van der Waals surface area contributed by atoms with Crippen LogP contribution in [0.4, 0.5) is 19.6 Å². The average molecular weight is 441 g/mol. The van der Waals surface area contributed by atoms with Crippen molar-refractivity contribution in [1.82, 2.24) is 14.7 Å². The highest BCUT2D eigenvalue weighted by molar-refractivity contribution is 8.00. The summed E-state index contributed by atoms with van der Waals surface area (Å²) >= 11 is 2.13. The Morgan fingerprint density at radius 1 is 1.34 bits per heavy atom. The molecule has 6 nitrogen and oxygen atoms in total. The number of nitrogens with two attached hydrogens (primary N) is 1. The summed E-state index contributed by atoms with van der Waals surface area (Å²) in [5, 5.41) is 7.02. The first kappa shape index (κ1) is 20.8. The van der Waals surface area contributed by atoms with Crippen LogP contribution in [0.3, 0.4) is 0 Å². The Balaban J connectivity index is 1.33. The molecule has 0 bridgehead atoms. The van der Waals surface area contributed by atoms with Crippen LogP contribution in [0.2, 0.25) is 0 Å². The molecule has 1 saturated carbocycles. The lowest BCUT2D eigenvalue weighted by Gasteiger charge is -2.45. The number of aromatic nitrogens is 2. The molecule has 1 saturated heterocycles. The van der Waals surface area contributed by atoms with Crippen molar-refractivity contribution in [2.24, 2.45) is 23.0 Å². The van der Waals surface area contributed by atoms with Gasteiger partial charge < -0.3 is 21.1 Å². The lowest BCUT2D eigenvalue weighted by Crippen LogP contribution is -2.55. The lowest BCUT2D eigenvalue weighted by atomic mass is 9.70. The Labute approximate surface area is 177 Å². The highest BCUT2D eigenvalue weighted by atomic mass is 32.2. The molecule has 29 heavy (non-hydrogen) atoms. The van der Waals surface area contributed by atoms with E-state index in [1.165, 1.54) is 37.7 Å². The Bertz CT molecular complexity index is 815. The molecule has 2 heterocycles. The molecule has 0 radical (unpaired) electrons. The number of hydrogen-bond acceptors (Lipinski definition) is 8. The van der Waals surface area contributed by atoms with Crippen LogP contribution in [0.5, 0.6) is 0 Å². The maximum absolute atomic E-state index is 14.5. The molecule has 1 spiro atoms. The molecule has 1 aromatic carbocycles. The third kappa shape index (κ3) is 4.65. The van der Waals surface area contributed by atoms with Gasteiger partial charge in [0.05, 0.1) is 10.6 Å². The maximum atomic E-state index is 14.5. The standard InChI is InChI=1S/C19H26F2N6S2/c20-14-6-17(28-27-18-25-11-26-29-18)15(21)5-16(14)24-8-12(7-22)4-13-2-1-3-19(13)9-23-10-19/h5-6,11-13,23-24H,1-4,7-10,22H2,(H,25,26,27). The Hall–Kier alpha value is -1.49. The maximum Gasteiger partial charge on any atom is 0.212 e. The van der Waals surface area contributed by atoms with Crippen LogP contribution in [-0.2, 0) is 0 Å². The summed E-state index contributed by atoms with van der Waals surface area (Å²) in [5.74, 6) is -0.0585. The van der Waals surface area contributed by atoms with E-state index < -0.39 is 11.6 Å². The molecular formula is C19H26F2N6S2. The predicted octanol–water partition coefficient (Wildman–Crippen LogP) is 3.70. The van der Waals surface area contributed by atoms with E-state index in [1.54, 1.807) is 0 Å². The Morgan fingerprint density at radius 2 is 2.21 bits per heavy atom. The van der Waals surface area contributed by atoms with Crippen molar-refractivity contribution < 1.29 is 8.78 Å². The molecule has 2 aromatic rings. The fourth-order valence-electron chi connectivity index (χ4n) is 4.47. The Kier molecular flexibility index (Phi) is 6.53. The molecule has 5 N–H and O–H groups in total. The predicted molar refractivity (Wildman–Crippen MR) is 114 cm³/mol. The number of hydrogen-bond donors (Lipinski definition) is 4. The number of anilines is 2. The van der Waals surface area contributed by atoms with E-state index in [0.29, 0.717) is 29.6 Å². The van der Waals surface area contributed by atoms with Crippen molar-refractivity contribution in [3.05, 3.63) is 30.1 Å². The molecule has 2 fully saturated rings. The summed E-state index contributed by atoms with van der Waals surface area (Å²) in [6, 6.07) is 2.40. The number of halogens is 2. The monoisotopic (exact) mass is 440 g/mol. The molecular weight excluding hydrogens is 414 g/mol. The van der Waals surface area contributed by atoms with Gasteiger partial charge in [-0.3, -0.25) is 0 Å². The second-order valence-corrected chi connectivity index (χ2v) is 9.61. The second kappa shape index (κ2) is 9.11. The Morgan fingerprint density at radius 3 is 2.90 bits per heavy atom. The van der Waals surface area contributed by atoms with Gasteiger partial charge in [-0.15, -0.1) is 0 Å². The van der Waals surface area contributed by atoms with Crippen LogP contribution in [0.15, 0.2) is 23.4 Å². The van der Waals surface area contributed by atoms with E-state index in [2.05, 4.69) is 24.7 Å². The molecule has 0 amide bonds. The van der Waals surface area contributed by atoms with Crippen molar-refractivity contribution in [3.63, 3.8) is 0 Å². The summed E-state index contributed by atoms with van der Waals surface area (Å²) in [6.07, 6.45) is 6.25. The quantitative estimate of drug-likeness (QED) is 0.442. The highest BCUT2D eigenvalue weighted by Crippen LogP contribution is 2.48. The zero-order valence-electron chi connectivity index (χ0n) is 16.1. The smallest absolute Gasteiger partial charge is 0.212 e. The van der Waals surface area contributed by atoms with Gasteiger partial charge in [0, 0.05) is 37.2 Å². The van der Waals surface area contributed by atoms with Crippen LogP contribution in [-0.4, -0.2) is 35.5 Å². The fourth-order valence-corrected chi connectivity index (χ4v) is 5.60. The molecule has 1 aromatic heterocycles. The largest absolute Gasteiger partial charge is 0.382 e. The SMILES string of the molecule is NCC(CNc1cc(F)c(SNc2ncns2)cc1F)CC1CCCC12CNC2. The minimum Gasteiger partial charge on any atom is -0.382 e. The summed E-state index contributed by atoms with van der Waals surface area (Å²) in [6.45, 7) is 3.29. The topological polar surface area (TPSA) is 87.9 Å². The number of nitrogens with one attached hydrogen (secondary N) is 3. The third-order valence-corrected chi connectivity index (χ3v) is 7.75. The van der Waals surface area contributed by atoms with Gasteiger partial charge in [0.15, 0.2) is 0 Å². The first-order valence-corrected chi connectivity index (χ1v) is 11.5. The summed E-state index contributed by atoms with van der Waals surface area (Å²) in [7, 11) is 0. The molecule has 2 atom stereocenters. The van der Waals surface area contributed by atoms with Gasteiger partial charge in [-0.2, -0.15) is 4.37 Å². The normalized spacial score (nSPS) is 21.1. The molecule has 2 aliphatic rings. The van der Waals surface area contributed by atoms with Crippen LogP contribution >= 0.6 is 23.5 Å². The average Bonchev–Trinajstić information content (AvgIpc) is 3.35. The fraction of sp³-hybridized carbons (Fsp3) is 0.579. The van der Waals surface area contributed by atoms with Crippen molar-refractivity contribution in [2.45, 2.75) is 30.6 Å². The van der Waals surface area contributed by atoms with Crippen molar-refractivity contribution in [3.8, 4) is 0 Å². The van der Waals surface area contributed by atoms with Gasteiger partial charge >= 0.3 is 0 Å². The minimum atomic E-state index is -0.490.